The quantitative estimate of drug-likeness (QED) is 0.269. The molecule has 0 aliphatic rings. The average molecular weight is 347 g/mol. The lowest BCUT2D eigenvalue weighted by Crippen LogP contribution is -1.95. The van der Waals surface area contributed by atoms with Crippen molar-refractivity contribution in [2.75, 3.05) is 0 Å². The van der Waals surface area contributed by atoms with Crippen LogP contribution in [0.1, 0.15) is 113 Å². The van der Waals surface area contributed by atoms with E-state index in [4.69, 9.17) is 0 Å². The smallest absolute Gasteiger partial charge is 0.163 e. The Morgan fingerprint density at radius 2 is 1.28 bits per heavy atom. The fraction of sp³-hybridized carbons (Fsp3) is 0.696. The molecule has 0 unspecified atom stereocenters. The summed E-state index contributed by atoms with van der Waals surface area (Å²) in [6.07, 6.45) is 18.7. The minimum atomic E-state index is -0.0651. The highest BCUT2D eigenvalue weighted by Crippen LogP contribution is 2.20. The van der Waals surface area contributed by atoms with Crippen LogP contribution in [0.4, 0.5) is 0 Å². The molecule has 0 heterocycles. The molecule has 25 heavy (non-hydrogen) atoms. The van der Waals surface area contributed by atoms with Gasteiger partial charge in [-0.15, -0.1) is 0 Å². The predicted octanol–water partition coefficient (Wildman–Crippen LogP) is 7.23. The van der Waals surface area contributed by atoms with Crippen molar-refractivity contribution in [1.82, 2.24) is 0 Å². The summed E-state index contributed by atoms with van der Waals surface area (Å²) in [5.74, 6) is 0.0336. The lowest BCUT2D eigenvalue weighted by Gasteiger charge is -2.06. The Bertz CT molecular complexity index is 479. The largest absolute Gasteiger partial charge is 0.507 e. The molecule has 1 N–H and O–H groups in total. The van der Waals surface area contributed by atoms with Crippen LogP contribution < -0.4 is 0 Å². The fourth-order valence-corrected chi connectivity index (χ4v) is 3.37. The van der Waals surface area contributed by atoms with E-state index in [1.807, 2.05) is 12.1 Å². The molecular weight excluding hydrogens is 308 g/mol. The summed E-state index contributed by atoms with van der Waals surface area (Å²) >= 11 is 0. The van der Waals surface area contributed by atoms with E-state index in [-0.39, 0.29) is 11.5 Å². The van der Waals surface area contributed by atoms with E-state index in [0.29, 0.717) is 5.56 Å². The molecule has 0 spiro atoms. The number of aryl methyl sites for hydroxylation is 1. The average Bonchev–Trinajstić information content (AvgIpc) is 2.60. The first-order chi connectivity index (χ1) is 12.1. The van der Waals surface area contributed by atoms with Crippen molar-refractivity contribution >= 4 is 5.78 Å². The van der Waals surface area contributed by atoms with E-state index >= 15 is 0 Å². The molecule has 2 nitrogen and oxygen atoms in total. The first kappa shape index (κ1) is 21.7. The Hall–Kier alpha value is -1.31. The Morgan fingerprint density at radius 1 is 0.800 bits per heavy atom. The van der Waals surface area contributed by atoms with Crippen LogP contribution in [0.15, 0.2) is 18.2 Å². The van der Waals surface area contributed by atoms with Gasteiger partial charge in [-0.2, -0.15) is 0 Å². The van der Waals surface area contributed by atoms with Crippen LogP contribution in [0.2, 0.25) is 0 Å². The molecule has 0 aliphatic heterocycles. The number of benzene rings is 1. The Kier molecular flexibility index (Phi) is 12.1. The zero-order valence-corrected chi connectivity index (χ0v) is 16.5. The highest BCUT2D eigenvalue weighted by molar-refractivity contribution is 5.96. The van der Waals surface area contributed by atoms with Crippen LogP contribution in [-0.2, 0) is 6.42 Å². The van der Waals surface area contributed by atoms with Gasteiger partial charge in [-0.1, -0.05) is 90.0 Å². The third-order valence-corrected chi connectivity index (χ3v) is 5.01. The topological polar surface area (TPSA) is 37.3 Å². The number of phenols is 1. The molecule has 0 radical (unpaired) electrons. The van der Waals surface area contributed by atoms with Crippen LogP contribution in [-0.4, -0.2) is 10.9 Å². The second-order valence-electron chi connectivity index (χ2n) is 7.40. The number of carbonyl (C=O) groups is 1. The number of carbonyl (C=O) groups excluding carboxylic acids is 1. The summed E-state index contributed by atoms with van der Waals surface area (Å²) in [5.41, 5.74) is 1.61. The summed E-state index contributed by atoms with van der Waals surface area (Å²) in [5, 5.41) is 9.67. The van der Waals surface area contributed by atoms with E-state index in [1.54, 1.807) is 6.07 Å². The van der Waals surface area contributed by atoms with Gasteiger partial charge in [0.25, 0.3) is 0 Å². The van der Waals surface area contributed by atoms with Crippen molar-refractivity contribution in [3.05, 3.63) is 29.3 Å². The fourth-order valence-electron chi connectivity index (χ4n) is 3.37. The minimum absolute atomic E-state index is 0.0651. The molecule has 0 bridgehead atoms. The molecule has 0 aromatic heterocycles. The van der Waals surface area contributed by atoms with Gasteiger partial charge < -0.3 is 5.11 Å². The molecule has 0 amide bonds. The highest BCUT2D eigenvalue weighted by Gasteiger charge is 2.07. The number of Topliss-reactive ketones (excluding diaryl/α,β-unsaturated/α-hetero) is 1. The summed E-state index contributed by atoms with van der Waals surface area (Å²) < 4.78 is 0. The molecular formula is C23H38O2. The normalized spacial score (nSPS) is 11.0. The summed E-state index contributed by atoms with van der Waals surface area (Å²) in [7, 11) is 0. The van der Waals surface area contributed by atoms with E-state index in [9.17, 15) is 9.90 Å². The van der Waals surface area contributed by atoms with Crippen molar-refractivity contribution in [3.8, 4) is 5.75 Å². The van der Waals surface area contributed by atoms with Gasteiger partial charge in [0.15, 0.2) is 5.78 Å². The maximum Gasteiger partial charge on any atom is 0.163 e. The number of hydrogen-bond acceptors (Lipinski definition) is 2. The number of aromatic hydroxyl groups is 1. The molecule has 0 aliphatic carbocycles. The van der Waals surface area contributed by atoms with Crippen LogP contribution in [0.5, 0.6) is 5.75 Å². The molecule has 1 aromatic rings. The van der Waals surface area contributed by atoms with E-state index in [1.165, 1.54) is 90.4 Å². The number of ketones is 1. The van der Waals surface area contributed by atoms with Gasteiger partial charge in [0, 0.05) is 0 Å². The minimum Gasteiger partial charge on any atom is -0.507 e. The summed E-state index contributed by atoms with van der Waals surface area (Å²) in [6, 6.07) is 5.43. The van der Waals surface area contributed by atoms with Crippen molar-refractivity contribution in [1.29, 1.82) is 0 Å². The van der Waals surface area contributed by atoms with Gasteiger partial charge in [-0.25, -0.2) is 0 Å². The lowest BCUT2D eigenvalue weighted by atomic mass is 10.0. The predicted molar refractivity (Wildman–Crippen MR) is 108 cm³/mol. The van der Waals surface area contributed by atoms with Crippen molar-refractivity contribution < 1.29 is 9.90 Å². The molecule has 2 heteroatoms. The van der Waals surface area contributed by atoms with Crippen LogP contribution in [0.3, 0.4) is 0 Å². The second-order valence-corrected chi connectivity index (χ2v) is 7.40. The first-order valence-electron chi connectivity index (χ1n) is 10.5. The molecule has 1 rings (SSSR count). The van der Waals surface area contributed by atoms with Gasteiger partial charge in [-0.3, -0.25) is 4.79 Å². The van der Waals surface area contributed by atoms with Gasteiger partial charge in [0.05, 0.1) is 5.56 Å². The molecule has 0 atom stereocenters. The standard InChI is InChI=1S/C23H38O2/c1-3-4-5-6-7-8-9-10-11-12-13-14-15-16-21-17-18-23(25)22(19-21)20(2)24/h17-19,25H,3-16H2,1-2H3. The van der Waals surface area contributed by atoms with Crippen molar-refractivity contribution in [2.45, 2.75) is 104 Å². The maximum atomic E-state index is 11.4. The summed E-state index contributed by atoms with van der Waals surface area (Å²) in [6.45, 7) is 3.78. The molecule has 0 saturated heterocycles. The molecule has 1 aromatic carbocycles. The van der Waals surface area contributed by atoms with Gasteiger partial charge in [0.1, 0.15) is 5.75 Å². The number of hydrogen-bond donors (Lipinski definition) is 1. The van der Waals surface area contributed by atoms with Crippen molar-refractivity contribution in [2.24, 2.45) is 0 Å². The number of unbranched alkanes of at least 4 members (excludes halogenated alkanes) is 12. The van der Waals surface area contributed by atoms with Crippen LogP contribution >= 0.6 is 0 Å². The molecule has 0 fully saturated rings. The monoisotopic (exact) mass is 346 g/mol. The number of rotatable bonds is 15. The van der Waals surface area contributed by atoms with E-state index in [2.05, 4.69) is 6.92 Å². The van der Waals surface area contributed by atoms with Gasteiger partial charge in [-0.05, 0) is 37.5 Å². The third kappa shape index (κ3) is 10.3. The van der Waals surface area contributed by atoms with Gasteiger partial charge in [0.2, 0.25) is 0 Å². The third-order valence-electron chi connectivity index (χ3n) is 5.01. The van der Waals surface area contributed by atoms with Crippen LogP contribution in [0.25, 0.3) is 0 Å². The Balaban J connectivity index is 1.97. The van der Waals surface area contributed by atoms with Crippen molar-refractivity contribution in [3.63, 3.8) is 0 Å². The summed E-state index contributed by atoms with van der Waals surface area (Å²) in [4.78, 5) is 11.4. The second kappa shape index (κ2) is 13.9. The number of phenolic OH excluding ortho intramolecular Hbond substituents is 1. The van der Waals surface area contributed by atoms with E-state index < -0.39 is 0 Å². The zero-order valence-electron chi connectivity index (χ0n) is 16.5. The Labute approximate surface area is 155 Å². The maximum absolute atomic E-state index is 11.4. The van der Waals surface area contributed by atoms with Gasteiger partial charge >= 0.3 is 0 Å². The molecule has 142 valence electrons. The molecule has 0 saturated carbocycles. The van der Waals surface area contributed by atoms with E-state index in [0.717, 1.165) is 12.0 Å². The zero-order chi connectivity index (χ0) is 18.3. The first-order valence-corrected chi connectivity index (χ1v) is 10.5. The lowest BCUT2D eigenvalue weighted by molar-refractivity contribution is 0.101. The Morgan fingerprint density at radius 3 is 1.76 bits per heavy atom. The highest BCUT2D eigenvalue weighted by atomic mass is 16.3. The SMILES string of the molecule is CCCCCCCCCCCCCCCc1ccc(O)c(C(C)=O)c1. The van der Waals surface area contributed by atoms with Crippen LogP contribution in [0, 0.1) is 0 Å².